The fraction of sp³-hybridized carbons (Fsp3) is 0.462. The molecule has 19 heavy (non-hydrogen) atoms. The predicted octanol–water partition coefficient (Wildman–Crippen LogP) is 2.05. The number of carbonyl (C=O) groups is 1. The molecule has 1 aromatic rings. The number of anilines is 1. The van der Waals surface area contributed by atoms with Crippen molar-refractivity contribution in [2.24, 2.45) is 5.92 Å². The molecule has 1 amide bonds. The van der Waals surface area contributed by atoms with Gasteiger partial charge in [-0.3, -0.25) is 14.9 Å². The molecule has 1 aliphatic heterocycles. The topological polar surface area (TPSA) is 89.5 Å². The Balaban J connectivity index is 2.16. The second kappa shape index (κ2) is 5.26. The zero-order valence-corrected chi connectivity index (χ0v) is 10.8. The largest absolute Gasteiger partial charge is 0.393 e. The molecule has 2 N–H and O–H groups in total. The molecule has 0 saturated carbocycles. The Bertz CT molecular complexity index is 508. The first-order valence-corrected chi connectivity index (χ1v) is 6.32. The van der Waals surface area contributed by atoms with Gasteiger partial charge in [-0.2, -0.15) is 0 Å². The van der Waals surface area contributed by atoms with Crippen molar-refractivity contribution < 1.29 is 9.72 Å². The Morgan fingerprint density at radius 2 is 2.05 bits per heavy atom. The lowest BCUT2D eigenvalue weighted by Crippen LogP contribution is -2.37. The smallest absolute Gasteiger partial charge is 0.292 e. The Kier molecular flexibility index (Phi) is 3.69. The highest BCUT2D eigenvalue weighted by atomic mass is 16.6. The number of benzene rings is 1. The summed E-state index contributed by atoms with van der Waals surface area (Å²) in [6.45, 7) is 3.64. The Morgan fingerprint density at radius 3 is 2.58 bits per heavy atom. The van der Waals surface area contributed by atoms with E-state index >= 15 is 0 Å². The van der Waals surface area contributed by atoms with Gasteiger partial charge in [0.05, 0.1) is 4.92 Å². The van der Waals surface area contributed by atoms with Gasteiger partial charge in [-0.25, -0.2) is 0 Å². The van der Waals surface area contributed by atoms with Gasteiger partial charge in [-0.1, -0.05) is 6.92 Å². The average Bonchev–Trinajstić information content (AvgIpc) is 2.38. The van der Waals surface area contributed by atoms with Gasteiger partial charge in [-0.05, 0) is 30.9 Å². The van der Waals surface area contributed by atoms with E-state index in [1.807, 2.05) is 0 Å². The van der Waals surface area contributed by atoms with Crippen molar-refractivity contribution in [3.63, 3.8) is 0 Å². The summed E-state index contributed by atoms with van der Waals surface area (Å²) in [6, 6.07) is 4.14. The number of carbonyl (C=O) groups excluding carboxylic acids is 1. The van der Waals surface area contributed by atoms with E-state index in [0.717, 1.165) is 25.9 Å². The van der Waals surface area contributed by atoms with Crippen LogP contribution in [-0.4, -0.2) is 28.8 Å². The van der Waals surface area contributed by atoms with Gasteiger partial charge in [0.1, 0.15) is 5.69 Å². The van der Waals surface area contributed by atoms with E-state index in [2.05, 4.69) is 6.92 Å². The Hall–Kier alpha value is -2.11. The molecule has 6 nitrogen and oxygen atoms in total. The summed E-state index contributed by atoms with van der Waals surface area (Å²) in [6.07, 6.45) is 1.99. The van der Waals surface area contributed by atoms with Crippen molar-refractivity contribution in [1.29, 1.82) is 0 Å². The van der Waals surface area contributed by atoms with Gasteiger partial charge in [-0.15, -0.1) is 0 Å². The number of hydrogen-bond acceptors (Lipinski definition) is 4. The number of likely N-dealkylation sites (tertiary alicyclic amines) is 1. The van der Waals surface area contributed by atoms with Gasteiger partial charge in [0.25, 0.3) is 11.6 Å². The lowest BCUT2D eigenvalue weighted by molar-refractivity contribution is -0.383. The molecule has 0 radical (unpaired) electrons. The standard InChI is InChI=1S/C13H17N3O3/c1-9-4-6-15(7-5-9)13(17)10-2-3-12(16(18)19)11(14)8-10/h2-3,8-9H,4-7,14H2,1H3. The van der Waals surface area contributed by atoms with Crippen molar-refractivity contribution in [2.75, 3.05) is 18.8 Å². The van der Waals surface area contributed by atoms with E-state index in [1.165, 1.54) is 18.2 Å². The summed E-state index contributed by atoms with van der Waals surface area (Å²) >= 11 is 0. The maximum atomic E-state index is 12.2. The summed E-state index contributed by atoms with van der Waals surface area (Å²) in [5, 5.41) is 10.7. The third kappa shape index (κ3) is 2.83. The fourth-order valence-electron chi connectivity index (χ4n) is 2.25. The molecule has 2 rings (SSSR count). The maximum Gasteiger partial charge on any atom is 0.292 e. The summed E-state index contributed by atoms with van der Waals surface area (Å²) < 4.78 is 0. The zero-order chi connectivity index (χ0) is 14.0. The number of nitrogens with two attached hydrogens (primary N) is 1. The van der Waals surface area contributed by atoms with Crippen molar-refractivity contribution in [2.45, 2.75) is 19.8 Å². The third-order valence-corrected chi connectivity index (χ3v) is 3.54. The second-order valence-corrected chi connectivity index (χ2v) is 5.01. The van der Waals surface area contributed by atoms with Crippen LogP contribution in [0.25, 0.3) is 0 Å². The van der Waals surface area contributed by atoms with Crippen LogP contribution in [0.4, 0.5) is 11.4 Å². The van der Waals surface area contributed by atoms with Crippen LogP contribution in [0.5, 0.6) is 0 Å². The van der Waals surface area contributed by atoms with Gasteiger partial charge in [0, 0.05) is 24.7 Å². The summed E-state index contributed by atoms with van der Waals surface area (Å²) in [5.74, 6) is 0.541. The lowest BCUT2D eigenvalue weighted by atomic mass is 9.98. The van der Waals surface area contributed by atoms with Crippen LogP contribution in [-0.2, 0) is 0 Å². The minimum Gasteiger partial charge on any atom is -0.393 e. The monoisotopic (exact) mass is 263 g/mol. The highest BCUT2D eigenvalue weighted by Gasteiger charge is 2.22. The van der Waals surface area contributed by atoms with Gasteiger partial charge < -0.3 is 10.6 Å². The number of nitro groups is 1. The molecule has 1 heterocycles. The molecule has 102 valence electrons. The first kappa shape index (κ1) is 13.3. The molecular formula is C13H17N3O3. The maximum absolute atomic E-state index is 12.2. The van der Waals surface area contributed by atoms with Crippen LogP contribution in [0.2, 0.25) is 0 Å². The number of nitrogen functional groups attached to an aromatic ring is 1. The van der Waals surface area contributed by atoms with E-state index in [0.29, 0.717) is 11.5 Å². The fourth-order valence-corrected chi connectivity index (χ4v) is 2.25. The molecule has 0 spiro atoms. The first-order chi connectivity index (χ1) is 8.99. The number of hydrogen-bond donors (Lipinski definition) is 1. The third-order valence-electron chi connectivity index (χ3n) is 3.54. The van der Waals surface area contributed by atoms with Gasteiger partial charge in [0.15, 0.2) is 0 Å². The minimum absolute atomic E-state index is 0.0289. The number of nitro benzene ring substituents is 1. The zero-order valence-electron chi connectivity index (χ0n) is 10.8. The summed E-state index contributed by atoms with van der Waals surface area (Å²) in [4.78, 5) is 24.1. The molecule has 1 aromatic carbocycles. The number of amides is 1. The van der Waals surface area contributed by atoms with E-state index in [4.69, 9.17) is 5.73 Å². The van der Waals surface area contributed by atoms with Crippen LogP contribution in [0.15, 0.2) is 18.2 Å². The highest BCUT2D eigenvalue weighted by molar-refractivity contribution is 5.95. The molecule has 1 aliphatic rings. The van der Waals surface area contributed by atoms with Crippen LogP contribution in [0.1, 0.15) is 30.1 Å². The number of nitrogens with zero attached hydrogens (tertiary/aromatic N) is 2. The highest BCUT2D eigenvalue weighted by Crippen LogP contribution is 2.24. The average molecular weight is 263 g/mol. The molecule has 1 fully saturated rings. The quantitative estimate of drug-likeness (QED) is 0.502. The molecule has 0 bridgehead atoms. The molecule has 0 aromatic heterocycles. The van der Waals surface area contributed by atoms with Crippen LogP contribution < -0.4 is 5.73 Å². The molecule has 0 unspecified atom stereocenters. The van der Waals surface area contributed by atoms with E-state index in [9.17, 15) is 14.9 Å². The molecule has 1 saturated heterocycles. The van der Waals surface area contributed by atoms with Crippen molar-refractivity contribution in [1.82, 2.24) is 4.90 Å². The predicted molar refractivity (Wildman–Crippen MR) is 71.8 cm³/mol. The van der Waals surface area contributed by atoms with Gasteiger partial charge in [0.2, 0.25) is 0 Å². The van der Waals surface area contributed by atoms with Crippen LogP contribution in [0, 0.1) is 16.0 Å². The SMILES string of the molecule is CC1CCN(C(=O)c2ccc([N+](=O)[O-])c(N)c2)CC1. The Labute approximate surface area is 111 Å². The van der Waals surface area contributed by atoms with Gasteiger partial charge >= 0.3 is 0 Å². The first-order valence-electron chi connectivity index (χ1n) is 6.32. The van der Waals surface area contributed by atoms with Crippen molar-refractivity contribution in [3.05, 3.63) is 33.9 Å². The number of rotatable bonds is 2. The molecule has 6 heteroatoms. The summed E-state index contributed by atoms with van der Waals surface area (Å²) in [5.41, 5.74) is 5.88. The van der Waals surface area contributed by atoms with Crippen LogP contribution in [0.3, 0.4) is 0 Å². The minimum atomic E-state index is -0.549. The number of piperidine rings is 1. The molecule has 0 aliphatic carbocycles. The second-order valence-electron chi connectivity index (χ2n) is 5.01. The normalized spacial score (nSPS) is 16.4. The van der Waals surface area contributed by atoms with E-state index in [-0.39, 0.29) is 17.3 Å². The van der Waals surface area contributed by atoms with Crippen molar-refractivity contribution in [3.8, 4) is 0 Å². The van der Waals surface area contributed by atoms with Crippen molar-refractivity contribution >= 4 is 17.3 Å². The van der Waals surface area contributed by atoms with Crippen LogP contribution >= 0.6 is 0 Å². The molecule has 0 atom stereocenters. The summed E-state index contributed by atoms with van der Waals surface area (Å²) in [7, 11) is 0. The Morgan fingerprint density at radius 1 is 1.42 bits per heavy atom. The lowest BCUT2D eigenvalue weighted by Gasteiger charge is -2.30. The van der Waals surface area contributed by atoms with E-state index in [1.54, 1.807) is 4.90 Å². The molecular weight excluding hydrogens is 246 g/mol. The van der Waals surface area contributed by atoms with E-state index < -0.39 is 4.92 Å².